The fourth-order valence-corrected chi connectivity index (χ4v) is 1.34. The highest BCUT2D eigenvalue weighted by molar-refractivity contribution is 4.81. The number of aliphatic hydroxyl groups excluding tert-OH is 1. The van der Waals surface area contributed by atoms with Gasteiger partial charge < -0.3 is 15.2 Å². The number of hydrogen-bond acceptors (Lipinski definition) is 3. The summed E-state index contributed by atoms with van der Waals surface area (Å²) >= 11 is 0. The minimum atomic E-state index is 0.272. The van der Waals surface area contributed by atoms with Crippen molar-refractivity contribution in [3.63, 3.8) is 0 Å². The summed E-state index contributed by atoms with van der Waals surface area (Å²) in [6.45, 7) is 1.20. The van der Waals surface area contributed by atoms with Crippen LogP contribution in [-0.2, 0) is 4.74 Å². The molecule has 2 N–H and O–H groups in total. The van der Waals surface area contributed by atoms with Crippen molar-refractivity contribution in [1.82, 2.24) is 5.32 Å². The topological polar surface area (TPSA) is 41.5 Å². The lowest BCUT2D eigenvalue weighted by Gasteiger charge is -2.06. The molecule has 0 spiro atoms. The molecule has 0 saturated carbocycles. The van der Waals surface area contributed by atoms with Crippen LogP contribution in [0, 0.1) is 0 Å². The maximum absolute atomic E-state index is 8.60. The fourth-order valence-electron chi connectivity index (χ4n) is 1.34. The van der Waals surface area contributed by atoms with Crippen LogP contribution in [0.1, 0.15) is 12.8 Å². The second-order valence-corrected chi connectivity index (χ2v) is 2.71. The maximum atomic E-state index is 8.60. The lowest BCUT2D eigenvalue weighted by molar-refractivity contribution is 0.116. The summed E-state index contributed by atoms with van der Waals surface area (Å²) in [7, 11) is 1.73. The average Bonchev–Trinajstić information content (AvgIpc) is 2.37. The lowest BCUT2D eigenvalue weighted by atomic mass is 10.1. The molecular formula is C7H15NO2. The first-order valence-corrected chi connectivity index (χ1v) is 3.74. The molecule has 10 heavy (non-hydrogen) atoms. The van der Waals surface area contributed by atoms with Crippen LogP contribution in [0.4, 0.5) is 0 Å². The van der Waals surface area contributed by atoms with Crippen molar-refractivity contribution in [3.05, 3.63) is 0 Å². The van der Waals surface area contributed by atoms with Gasteiger partial charge in [-0.25, -0.2) is 0 Å². The summed E-state index contributed by atoms with van der Waals surface area (Å²) in [4.78, 5) is 0. The van der Waals surface area contributed by atoms with E-state index in [1.54, 1.807) is 7.11 Å². The van der Waals surface area contributed by atoms with Crippen molar-refractivity contribution in [2.75, 3.05) is 20.3 Å². The lowest BCUT2D eigenvalue weighted by Crippen LogP contribution is -2.22. The van der Waals surface area contributed by atoms with E-state index in [1.165, 1.54) is 0 Å². The fraction of sp³-hybridized carbons (Fsp3) is 1.00. The van der Waals surface area contributed by atoms with Crippen LogP contribution in [0.25, 0.3) is 0 Å². The van der Waals surface area contributed by atoms with Gasteiger partial charge in [-0.05, 0) is 12.8 Å². The van der Waals surface area contributed by atoms with E-state index in [0.717, 1.165) is 19.4 Å². The number of ether oxygens (including phenoxy) is 1. The molecule has 60 valence electrons. The molecule has 1 aliphatic rings. The molecule has 0 aliphatic carbocycles. The van der Waals surface area contributed by atoms with Gasteiger partial charge in [0.15, 0.2) is 0 Å². The van der Waals surface area contributed by atoms with Gasteiger partial charge in [0.2, 0.25) is 0 Å². The Labute approximate surface area is 61.4 Å². The normalized spacial score (nSPS) is 33.0. The largest absolute Gasteiger partial charge is 0.396 e. The summed E-state index contributed by atoms with van der Waals surface area (Å²) < 4.78 is 5.14. The molecule has 0 aromatic carbocycles. The van der Waals surface area contributed by atoms with E-state index in [2.05, 4.69) is 5.32 Å². The minimum Gasteiger partial charge on any atom is -0.396 e. The molecule has 3 nitrogen and oxygen atoms in total. The van der Waals surface area contributed by atoms with Crippen molar-refractivity contribution in [2.24, 2.45) is 0 Å². The summed E-state index contributed by atoms with van der Waals surface area (Å²) in [5.74, 6) is 0. The molecular weight excluding hydrogens is 130 g/mol. The van der Waals surface area contributed by atoms with Crippen LogP contribution < -0.4 is 5.32 Å². The van der Waals surface area contributed by atoms with Crippen LogP contribution in [0.2, 0.25) is 0 Å². The van der Waals surface area contributed by atoms with E-state index in [-0.39, 0.29) is 6.61 Å². The van der Waals surface area contributed by atoms with E-state index in [0.29, 0.717) is 12.1 Å². The number of rotatable bonds is 3. The Balaban J connectivity index is 2.15. The smallest absolute Gasteiger partial charge is 0.0710 e. The number of nitrogens with one attached hydrogen (secondary N) is 1. The van der Waals surface area contributed by atoms with E-state index >= 15 is 0 Å². The zero-order valence-corrected chi connectivity index (χ0v) is 6.34. The Bertz CT molecular complexity index is 97.6. The average molecular weight is 145 g/mol. The summed E-state index contributed by atoms with van der Waals surface area (Å²) in [5.41, 5.74) is 0. The van der Waals surface area contributed by atoms with Gasteiger partial charge in [-0.15, -0.1) is 0 Å². The molecule has 1 rings (SSSR count). The second kappa shape index (κ2) is 3.91. The zero-order valence-electron chi connectivity index (χ0n) is 6.34. The number of hydrogen-bond donors (Lipinski definition) is 2. The Morgan fingerprint density at radius 3 is 3.00 bits per heavy atom. The molecule has 1 fully saturated rings. The minimum absolute atomic E-state index is 0.272. The first-order valence-electron chi connectivity index (χ1n) is 3.74. The molecule has 0 aromatic heterocycles. The van der Waals surface area contributed by atoms with Gasteiger partial charge >= 0.3 is 0 Å². The summed E-state index contributed by atoms with van der Waals surface area (Å²) in [6.07, 6.45) is 2.24. The Kier molecular flexibility index (Phi) is 3.12. The van der Waals surface area contributed by atoms with Gasteiger partial charge in [-0.1, -0.05) is 0 Å². The van der Waals surface area contributed by atoms with Gasteiger partial charge in [0.25, 0.3) is 0 Å². The van der Waals surface area contributed by atoms with Crippen LogP contribution in [-0.4, -0.2) is 37.5 Å². The molecule has 0 bridgehead atoms. The van der Waals surface area contributed by atoms with Crippen molar-refractivity contribution in [1.29, 1.82) is 0 Å². The van der Waals surface area contributed by atoms with Crippen LogP contribution in [0.5, 0.6) is 0 Å². The summed E-state index contributed by atoms with van der Waals surface area (Å²) in [5, 5.41) is 11.9. The third kappa shape index (κ3) is 1.94. The van der Waals surface area contributed by atoms with Crippen LogP contribution >= 0.6 is 0 Å². The maximum Gasteiger partial charge on any atom is 0.0710 e. The van der Waals surface area contributed by atoms with Crippen molar-refractivity contribution in [2.45, 2.75) is 25.0 Å². The molecule has 3 heteroatoms. The van der Waals surface area contributed by atoms with Crippen molar-refractivity contribution >= 4 is 0 Å². The number of methoxy groups -OCH3 is 1. The molecule has 0 aromatic rings. The monoisotopic (exact) mass is 145 g/mol. The third-order valence-corrected chi connectivity index (χ3v) is 1.99. The van der Waals surface area contributed by atoms with E-state index in [9.17, 15) is 0 Å². The quantitative estimate of drug-likeness (QED) is 0.575. The Morgan fingerprint density at radius 1 is 1.70 bits per heavy atom. The predicted octanol–water partition coefficient (Wildman–Crippen LogP) is -0.254. The van der Waals surface area contributed by atoms with Gasteiger partial charge in [-0.3, -0.25) is 0 Å². The summed E-state index contributed by atoms with van der Waals surface area (Å²) in [6, 6.07) is 0.468. The zero-order chi connectivity index (χ0) is 7.40. The molecule has 1 heterocycles. The Hall–Kier alpha value is -0.120. The van der Waals surface area contributed by atoms with Gasteiger partial charge in [0.05, 0.1) is 6.10 Å². The molecule has 2 unspecified atom stereocenters. The van der Waals surface area contributed by atoms with Crippen LogP contribution in [0.3, 0.4) is 0 Å². The standard InChI is InChI=1S/C7H15NO2/c1-10-7-4-6(2-3-9)8-5-7/h6-9H,2-5H2,1H3. The van der Waals surface area contributed by atoms with Gasteiger partial charge in [0.1, 0.15) is 0 Å². The van der Waals surface area contributed by atoms with E-state index in [1.807, 2.05) is 0 Å². The predicted molar refractivity (Wildman–Crippen MR) is 38.9 cm³/mol. The highest BCUT2D eigenvalue weighted by Crippen LogP contribution is 2.11. The van der Waals surface area contributed by atoms with Crippen LogP contribution in [0.15, 0.2) is 0 Å². The first kappa shape index (κ1) is 7.98. The van der Waals surface area contributed by atoms with Gasteiger partial charge in [-0.2, -0.15) is 0 Å². The SMILES string of the molecule is COC1CNC(CCO)C1. The van der Waals surface area contributed by atoms with Crippen molar-refractivity contribution in [3.8, 4) is 0 Å². The van der Waals surface area contributed by atoms with Gasteiger partial charge in [0, 0.05) is 26.3 Å². The third-order valence-electron chi connectivity index (χ3n) is 1.99. The molecule has 2 atom stereocenters. The second-order valence-electron chi connectivity index (χ2n) is 2.71. The Morgan fingerprint density at radius 2 is 2.50 bits per heavy atom. The van der Waals surface area contributed by atoms with Crippen molar-refractivity contribution < 1.29 is 9.84 Å². The highest BCUT2D eigenvalue weighted by Gasteiger charge is 2.22. The first-order chi connectivity index (χ1) is 4.86. The highest BCUT2D eigenvalue weighted by atomic mass is 16.5. The molecule has 1 aliphatic heterocycles. The molecule has 1 saturated heterocycles. The van der Waals surface area contributed by atoms with E-state index < -0.39 is 0 Å². The molecule has 0 amide bonds. The van der Waals surface area contributed by atoms with E-state index in [4.69, 9.17) is 9.84 Å². The molecule has 0 radical (unpaired) electrons. The number of aliphatic hydroxyl groups is 1.